The Morgan fingerprint density at radius 2 is 2.07 bits per heavy atom. The van der Waals surface area contributed by atoms with Gasteiger partial charge < -0.3 is 14.2 Å². The Kier molecular flexibility index (Phi) is 4.84. The third-order valence-corrected chi connectivity index (χ3v) is 4.38. The number of methoxy groups -OCH3 is 1. The summed E-state index contributed by atoms with van der Waals surface area (Å²) in [4.78, 5) is 22.5. The highest BCUT2D eigenvalue weighted by molar-refractivity contribution is 5.94. The summed E-state index contributed by atoms with van der Waals surface area (Å²) in [6.45, 7) is 0.682. The maximum atomic E-state index is 12.2. The largest absolute Gasteiger partial charge is 0.495 e. The lowest BCUT2D eigenvalue weighted by atomic mass is 10.2. The first-order chi connectivity index (χ1) is 13.2. The predicted octanol–water partition coefficient (Wildman–Crippen LogP) is 2.45. The molecule has 3 aromatic rings. The zero-order valence-electron chi connectivity index (χ0n) is 14.9. The molecule has 1 aliphatic heterocycles. The van der Waals surface area contributed by atoms with Gasteiger partial charge in [-0.25, -0.2) is 4.98 Å². The summed E-state index contributed by atoms with van der Waals surface area (Å²) in [5.74, 6) is 1.78. The molecule has 0 aliphatic carbocycles. The summed E-state index contributed by atoms with van der Waals surface area (Å²) >= 11 is 0. The Morgan fingerprint density at radius 1 is 1.19 bits per heavy atom. The number of fused-ring (bicyclic) bond motifs is 1. The van der Waals surface area contributed by atoms with Crippen molar-refractivity contribution in [3.05, 3.63) is 54.9 Å². The lowest BCUT2D eigenvalue weighted by Crippen LogP contribution is -2.49. The van der Waals surface area contributed by atoms with E-state index in [1.54, 1.807) is 36.5 Å². The van der Waals surface area contributed by atoms with Crippen molar-refractivity contribution in [1.82, 2.24) is 9.97 Å². The second-order valence-corrected chi connectivity index (χ2v) is 6.14. The van der Waals surface area contributed by atoms with Gasteiger partial charge in [0.05, 0.1) is 19.9 Å². The summed E-state index contributed by atoms with van der Waals surface area (Å²) in [6.07, 6.45) is 3.07. The second-order valence-electron chi connectivity index (χ2n) is 6.14. The zero-order chi connectivity index (χ0) is 18.6. The van der Waals surface area contributed by atoms with E-state index in [0.29, 0.717) is 30.5 Å². The van der Waals surface area contributed by atoms with E-state index in [-0.39, 0.29) is 18.6 Å². The minimum atomic E-state index is -0.259. The van der Waals surface area contributed by atoms with Gasteiger partial charge in [-0.05, 0) is 24.3 Å². The van der Waals surface area contributed by atoms with Gasteiger partial charge >= 0.3 is 0 Å². The fourth-order valence-electron chi connectivity index (χ4n) is 2.98. The topological polar surface area (TPSA) is 73.8 Å². The number of hydrogen-bond acceptors (Lipinski definition) is 6. The molecule has 1 saturated heterocycles. The van der Waals surface area contributed by atoms with Gasteiger partial charge in [-0.2, -0.15) is 0 Å². The average molecular weight is 365 g/mol. The number of carbonyl (C=O) groups excluding carboxylic acids is 1. The quantitative estimate of drug-likeness (QED) is 0.691. The Hall–Kier alpha value is -3.19. The number of ether oxygens (including phenoxy) is 3. The molecule has 1 aliphatic rings. The van der Waals surface area contributed by atoms with Gasteiger partial charge in [0.2, 0.25) is 0 Å². The van der Waals surface area contributed by atoms with Gasteiger partial charge in [0, 0.05) is 11.6 Å². The van der Waals surface area contributed by atoms with Crippen LogP contribution in [0.3, 0.4) is 0 Å². The summed E-state index contributed by atoms with van der Waals surface area (Å²) < 4.78 is 16.7. The van der Waals surface area contributed by atoms with Crippen LogP contribution >= 0.6 is 0 Å². The fourth-order valence-corrected chi connectivity index (χ4v) is 2.98. The Balaban J connectivity index is 1.45. The highest BCUT2D eigenvalue weighted by Crippen LogP contribution is 2.24. The van der Waals surface area contributed by atoms with Crippen LogP contribution in [0.5, 0.6) is 11.5 Å². The molecule has 1 unspecified atom stereocenters. The van der Waals surface area contributed by atoms with Crippen molar-refractivity contribution >= 4 is 22.6 Å². The average Bonchev–Trinajstić information content (AvgIpc) is 2.73. The van der Waals surface area contributed by atoms with Crippen molar-refractivity contribution in [3.63, 3.8) is 0 Å². The Bertz CT molecular complexity index is 940. The molecule has 1 atom stereocenters. The lowest BCUT2D eigenvalue weighted by Gasteiger charge is -2.31. The number of benzene rings is 1. The molecule has 0 bridgehead atoms. The minimum absolute atomic E-state index is 0.00444. The smallest absolute Gasteiger partial charge is 0.254 e. The van der Waals surface area contributed by atoms with Gasteiger partial charge in [0.1, 0.15) is 42.2 Å². The highest BCUT2D eigenvalue weighted by atomic mass is 16.5. The lowest BCUT2D eigenvalue weighted by molar-refractivity contribution is -0.130. The van der Waals surface area contributed by atoms with E-state index < -0.39 is 0 Å². The molecule has 138 valence electrons. The van der Waals surface area contributed by atoms with E-state index in [9.17, 15) is 4.79 Å². The number of aromatic nitrogens is 2. The summed E-state index contributed by atoms with van der Waals surface area (Å²) in [6, 6.07) is 13.2. The number of para-hydroxylation sites is 1. The van der Waals surface area contributed by atoms with Crippen LogP contribution in [0.15, 0.2) is 54.9 Å². The molecule has 2 aromatic heterocycles. The van der Waals surface area contributed by atoms with Gasteiger partial charge in [-0.3, -0.25) is 14.7 Å². The molecule has 7 heteroatoms. The predicted molar refractivity (Wildman–Crippen MR) is 100 cm³/mol. The van der Waals surface area contributed by atoms with Crippen molar-refractivity contribution in [3.8, 4) is 11.5 Å². The molecule has 4 rings (SSSR count). The van der Waals surface area contributed by atoms with E-state index in [4.69, 9.17) is 14.2 Å². The fraction of sp³-hybridized carbons (Fsp3) is 0.250. The second kappa shape index (κ2) is 7.59. The van der Waals surface area contributed by atoms with Crippen LogP contribution in [0.2, 0.25) is 0 Å². The van der Waals surface area contributed by atoms with Crippen LogP contribution < -0.4 is 14.4 Å². The number of pyridine rings is 2. The number of anilines is 1. The van der Waals surface area contributed by atoms with Gasteiger partial charge in [0.15, 0.2) is 0 Å². The van der Waals surface area contributed by atoms with E-state index >= 15 is 0 Å². The first kappa shape index (κ1) is 17.2. The number of rotatable bonds is 5. The van der Waals surface area contributed by atoms with Crippen molar-refractivity contribution in [2.45, 2.75) is 6.10 Å². The summed E-state index contributed by atoms with van der Waals surface area (Å²) in [5.41, 5.74) is 0.806. The third-order valence-electron chi connectivity index (χ3n) is 4.38. The maximum absolute atomic E-state index is 12.2. The number of hydrogen-bond donors (Lipinski definition) is 0. The number of morpholine rings is 1. The summed E-state index contributed by atoms with van der Waals surface area (Å²) in [7, 11) is 1.58. The van der Waals surface area contributed by atoms with Crippen LogP contribution in [-0.4, -0.2) is 48.8 Å². The van der Waals surface area contributed by atoms with Crippen LogP contribution in [0, 0.1) is 0 Å². The standard InChI is InChI=1S/C20H19N3O4/c1-25-15-7-8-18(22-10-15)23-11-16(26-13-19(23)24)12-27-17-6-2-4-14-5-3-9-21-20(14)17/h2-10,16H,11-13H2,1H3. The molecule has 3 heterocycles. The highest BCUT2D eigenvalue weighted by Gasteiger charge is 2.28. The third kappa shape index (κ3) is 3.68. The zero-order valence-corrected chi connectivity index (χ0v) is 14.9. The molecular formula is C20H19N3O4. The number of nitrogens with zero attached hydrogens (tertiary/aromatic N) is 3. The molecule has 0 spiro atoms. The van der Waals surface area contributed by atoms with Gasteiger partial charge in [0.25, 0.3) is 5.91 Å². The van der Waals surface area contributed by atoms with Crippen molar-refractivity contribution in [1.29, 1.82) is 0 Å². The summed E-state index contributed by atoms with van der Waals surface area (Å²) in [5, 5.41) is 1.01. The number of carbonyl (C=O) groups is 1. The molecule has 1 amide bonds. The maximum Gasteiger partial charge on any atom is 0.254 e. The van der Waals surface area contributed by atoms with Crippen LogP contribution in [0.25, 0.3) is 10.9 Å². The molecule has 7 nitrogen and oxygen atoms in total. The van der Waals surface area contributed by atoms with E-state index in [0.717, 1.165) is 10.9 Å². The van der Waals surface area contributed by atoms with E-state index in [1.165, 1.54) is 0 Å². The Labute approximate surface area is 156 Å². The van der Waals surface area contributed by atoms with Crippen LogP contribution in [0.4, 0.5) is 5.82 Å². The molecular weight excluding hydrogens is 346 g/mol. The first-order valence-electron chi connectivity index (χ1n) is 8.63. The molecule has 1 fully saturated rings. The van der Waals surface area contributed by atoms with Crippen molar-refractivity contribution in [2.24, 2.45) is 0 Å². The number of amides is 1. The van der Waals surface area contributed by atoms with E-state index in [1.807, 2.05) is 30.3 Å². The Morgan fingerprint density at radius 3 is 2.89 bits per heavy atom. The van der Waals surface area contributed by atoms with Crippen LogP contribution in [-0.2, 0) is 9.53 Å². The van der Waals surface area contributed by atoms with Gasteiger partial charge in [-0.1, -0.05) is 18.2 Å². The molecule has 0 N–H and O–H groups in total. The van der Waals surface area contributed by atoms with Crippen LogP contribution in [0.1, 0.15) is 0 Å². The first-order valence-corrected chi connectivity index (χ1v) is 8.63. The minimum Gasteiger partial charge on any atom is -0.495 e. The molecule has 0 radical (unpaired) electrons. The molecule has 27 heavy (non-hydrogen) atoms. The van der Waals surface area contributed by atoms with E-state index in [2.05, 4.69) is 9.97 Å². The normalized spacial score (nSPS) is 17.1. The van der Waals surface area contributed by atoms with Crippen molar-refractivity contribution in [2.75, 3.05) is 31.8 Å². The van der Waals surface area contributed by atoms with Crippen molar-refractivity contribution < 1.29 is 19.0 Å². The van der Waals surface area contributed by atoms with Gasteiger partial charge in [-0.15, -0.1) is 0 Å². The molecule has 1 aromatic carbocycles. The SMILES string of the molecule is COc1ccc(N2CC(COc3cccc4cccnc34)OCC2=O)nc1. The molecule has 0 saturated carbocycles. The monoisotopic (exact) mass is 365 g/mol.